The van der Waals surface area contributed by atoms with Crippen molar-refractivity contribution in [3.05, 3.63) is 0 Å². The maximum atomic E-state index is 12.5. The Morgan fingerprint density at radius 3 is 2.47 bits per heavy atom. The summed E-state index contributed by atoms with van der Waals surface area (Å²) in [5, 5.41) is 2.96. The molecule has 0 radical (unpaired) electrons. The van der Waals surface area contributed by atoms with Gasteiger partial charge in [0.05, 0.1) is 6.54 Å². The summed E-state index contributed by atoms with van der Waals surface area (Å²) >= 11 is 0. The van der Waals surface area contributed by atoms with E-state index >= 15 is 0 Å². The second-order valence-electron chi connectivity index (χ2n) is 6.00. The van der Waals surface area contributed by atoms with Crippen LogP contribution in [0.1, 0.15) is 45.4 Å². The average molecular weight is 236 g/mol. The summed E-state index contributed by atoms with van der Waals surface area (Å²) < 4.78 is 0. The third-order valence-electron chi connectivity index (χ3n) is 4.61. The molecule has 4 heteroatoms. The van der Waals surface area contributed by atoms with E-state index in [1.165, 1.54) is 0 Å². The van der Waals surface area contributed by atoms with E-state index in [1.54, 1.807) is 0 Å². The van der Waals surface area contributed by atoms with Crippen LogP contribution in [-0.4, -0.2) is 34.8 Å². The number of rotatable bonds is 1. The Morgan fingerprint density at radius 1 is 1.24 bits per heavy atom. The van der Waals surface area contributed by atoms with Gasteiger partial charge in [-0.05, 0) is 31.6 Å². The van der Waals surface area contributed by atoms with Crippen LogP contribution in [0.4, 0.5) is 0 Å². The van der Waals surface area contributed by atoms with Gasteiger partial charge < -0.3 is 10.2 Å². The normalized spacial score (nSPS) is 35.9. The van der Waals surface area contributed by atoms with Gasteiger partial charge in [0, 0.05) is 6.04 Å². The summed E-state index contributed by atoms with van der Waals surface area (Å²) in [5.74, 6) is 0.926. The van der Waals surface area contributed by atoms with E-state index in [1.807, 2.05) is 4.90 Å². The molecule has 0 unspecified atom stereocenters. The van der Waals surface area contributed by atoms with Crippen molar-refractivity contribution in [2.75, 3.05) is 6.54 Å². The summed E-state index contributed by atoms with van der Waals surface area (Å²) in [7, 11) is 0. The minimum absolute atomic E-state index is 0.0334. The van der Waals surface area contributed by atoms with Crippen LogP contribution in [-0.2, 0) is 9.59 Å². The summed E-state index contributed by atoms with van der Waals surface area (Å²) in [6.07, 6.45) is 5.90. The Bertz CT molecular complexity index is 354. The van der Waals surface area contributed by atoms with Crippen molar-refractivity contribution < 1.29 is 9.59 Å². The zero-order valence-electron chi connectivity index (χ0n) is 10.4. The van der Waals surface area contributed by atoms with Gasteiger partial charge in [0.2, 0.25) is 11.8 Å². The van der Waals surface area contributed by atoms with E-state index < -0.39 is 5.54 Å². The molecule has 0 aromatic heterocycles. The lowest BCUT2D eigenvalue weighted by molar-refractivity contribution is -0.154. The van der Waals surface area contributed by atoms with Gasteiger partial charge in [0.25, 0.3) is 0 Å². The number of hydrogen-bond donors (Lipinski definition) is 1. The fraction of sp³-hybridized carbons (Fsp3) is 0.846. The molecule has 94 valence electrons. The summed E-state index contributed by atoms with van der Waals surface area (Å²) in [5.41, 5.74) is -0.534. The van der Waals surface area contributed by atoms with Gasteiger partial charge in [-0.25, -0.2) is 0 Å². The number of hydrogen-bond acceptors (Lipinski definition) is 2. The molecule has 1 N–H and O–H groups in total. The molecule has 0 atom stereocenters. The van der Waals surface area contributed by atoms with Crippen LogP contribution in [0, 0.1) is 5.92 Å². The molecule has 4 nitrogen and oxygen atoms in total. The second kappa shape index (κ2) is 3.72. The quantitative estimate of drug-likeness (QED) is 0.740. The van der Waals surface area contributed by atoms with Crippen molar-refractivity contribution in [1.82, 2.24) is 10.2 Å². The first kappa shape index (κ1) is 11.1. The smallest absolute Gasteiger partial charge is 0.249 e. The SMILES string of the molecule is CC1CC(N2CC(=O)NC3(CCCC3)C2=O)C1. The number of piperazine rings is 1. The van der Waals surface area contributed by atoms with E-state index in [0.29, 0.717) is 12.0 Å². The van der Waals surface area contributed by atoms with E-state index in [-0.39, 0.29) is 18.4 Å². The summed E-state index contributed by atoms with van der Waals surface area (Å²) in [6.45, 7) is 2.48. The Kier molecular flexibility index (Phi) is 2.42. The van der Waals surface area contributed by atoms with Gasteiger partial charge in [-0.3, -0.25) is 9.59 Å². The number of carbonyl (C=O) groups excluding carboxylic acids is 2. The third kappa shape index (κ3) is 1.65. The lowest BCUT2D eigenvalue weighted by atomic mass is 9.79. The third-order valence-corrected chi connectivity index (χ3v) is 4.61. The lowest BCUT2D eigenvalue weighted by Gasteiger charge is -2.48. The van der Waals surface area contributed by atoms with Crippen LogP contribution < -0.4 is 5.32 Å². The predicted molar refractivity (Wildman–Crippen MR) is 63.2 cm³/mol. The van der Waals surface area contributed by atoms with Crippen LogP contribution in [0.15, 0.2) is 0 Å². The molecule has 2 saturated carbocycles. The van der Waals surface area contributed by atoms with E-state index in [0.717, 1.165) is 38.5 Å². The maximum absolute atomic E-state index is 12.5. The van der Waals surface area contributed by atoms with E-state index in [2.05, 4.69) is 12.2 Å². The zero-order chi connectivity index (χ0) is 12.0. The van der Waals surface area contributed by atoms with Crippen molar-refractivity contribution >= 4 is 11.8 Å². The first-order chi connectivity index (χ1) is 8.11. The van der Waals surface area contributed by atoms with Crippen LogP contribution in [0.5, 0.6) is 0 Å². The molecule has 17 heavy (non-hydrogen) atoms. The minimum atomic E-state index is -0.534. The Hall–Kier alpha value is -1.06. The molecule has 1 spiro atoms. The standard InChI is InChI=1S/C13H20N2O2/c1-9-6-10(7-9)15-8-11(16)14-13(12(15)17)4-2-3-5-13/h9-10H,2-8H2,1H3,(H,14,16). The van der Waals surface area contributed by atoms with Crippen molar-refractivity contribution in [1.29, 1.82) is 0 Å². The first-order valence-corrected chi connectivity index (χ1v) is 6.73. The van der Waals surface area contributed by atoms with Crippen LogP contribution >= 0.6 is 0 Å². The van der Waals surface area contributed by atoms with E-state index in [4.69, 9.17) is 0 Å². The molecule has 3 rings (SSSR count). The monoisotopic (exact) mass is 236 g/mol. The number of nitrogens with one attached hydrogen (secondary N) is 1. The topological polar surface area (TPSA) is 49.4 Å². The van der Waals surface area contributed by atoms with Crippen LogP contribution in [0.3, 0.4) is 0 Å². The lowest BCUT2D eigenvalue weighted by Crippen LogP contribution is -2.68. The fourth-order valence-electron chi connectivity index (χ4n) is 3.59. The van der Waals surface area contributed by atoms with Gasteiger partial charge in [0.1, 0.15) is 5.54 Å². The molecule has 1 saturated heterocycles. The fourth-order valence-corrected chi connectivity index (χ4v) is 3.59. The minimum Gasteiger partial charge on any atom is -0.340 e. The van der Waals surface area contributed by atoms with Gasteiger partial charge in [-0.1, -0.05) is 19.8 Å². The molecule has 3 fully saturated rings. The molecular formula is C13H20N2O2. The molecule has 2 amide bonds. The Morgan fingerprint density at radius 2 is 1.88 bits per heavy atom. The van der Waals surface area contributed by atoms with Crippen molar-refractivity contribution in [3.8, 4) is 0 Å². The highest BCUT2D eigenvalue weighted by atomic mass is 16.2. The predicted octanol–water partition coefficient (Wildman–Crippen LogP) is 1.06. The van der Waals surface area contributed by atoms with Crippen molar-refractivity contribution in [2.45, 2.75) is 57.0 Å². The number of amides is 2. The number of carbonyl (C=O) groups is 2. The molecule has 2 aliphatic carbocycles. The highest BCUT2D eigenvalue weighted by Gasteiger charge is 2.50. The average Bonchev–Trinajstić information content (AvgIpc) is 2.69. The van der Waals surface area contributed by atoms with Crippen LogP contribution in [0.2, 0.25) is 0 Å². The molecule has 1 heterocycles. The van der Waals surface area contributed by atoms with Gasteiger partial charge >= 0.3 is 0 Å². The largest absolute Gasteiger partial charge is 0.340 e. The van der Waals surface area contributed by atoms with Crippen LogP contribution in [0.25, 0.3) is 0 Å². The molecular weight excluding hydrogens is 216 g/mol. The zero-order valence-corrected chi connectivity index (χ0v) is 10.4. The molecule has 0 aromatic carbocycles. The molecule has 0 bridgehead atoms. The van der Waals surface area contributed by atoms with Crippen molar-refractivity contribution in [3.63, 3.8) is 0 Å². The van der Waals surface area contributed by atoms with Gasteiger partial charge in [-0.15, -0.1) is 0 Å². The molecule has 1 aliphatic heterocycles. The van der Waals surface area contributed by atoms with Gasteiger partial charge in [0.15, 0.2) is 0 Å². The Labute approximate surface area is 102 Å². The molecule has 0 aromatic rings. The molecule has 3 aliphatic rings. The highest BCUT2D eigenvalue weighted by molar-refractivity contribution is 5.98. The summed E-state index contributed by atoms with van der Waals surface area (Å²) in [6, 6.07) is 0.320. The highest BCUT2D eigenvalue weighted by Crippen LogP contribution is 2.38. The Balaban J connectivity index is 1.80. The maximum Gasteiger partial charge on any atom is 0.249 e. The number of nitrogens with zero attached hydrogens (tertiary/aromatic N) is 1. The summed E-state index contributed by atoms with van der Waals surface area (Å²) in [4.78, 5) is 26.2. The first-order valence-electron chi connectivity index (χ1n) is 6.73. The van der Waals surface area contributed by atoms with E-state index in [9.17, 15) is 9.59 Å². The van der Waals surface area contributed by atoms with Gasteiger partial charge in [-0.2, -0.15) is 0 Å². The second-order valence-corrected chi connectivity index (χ2v) is 6.00. The van der Waals surface area contributed by atoms with Crippen molar-refractivity contribution in [2.24, 2.45) is 5.92 Å².